The van der Waals surface area contributed by atoms with Gasteiger partial charge in [0.25, 0.3) is 0 Å². The largest absolute Gasteiger partial charge is 0.206 e. The zero-order valence-electron chi connectivity index (χ0n) is 6.63. The topological polar surface area (TPSA) is 0 Å². The van der Waals surface area contributed by atoms with Gasteiger partial charge in [0.05, 0.1) is 5.02 Å². The monoisotopic (exact) mass is 212 g/mol. The smallest absolute Gasteiger partial charge is 0.131 e. The van der Waals surface area contributed by atoms with Crippen LogP contribution in [0.3, 0.4) is 0 Å². The van der Waals surface area contributed by atoms with Crippen LogP contribution < -0.4 is 0 Å². The summed E-state index contributed by atoms with van der Waals surface area (Å²) in [5, 5.41) is 2.45. The maximum Gasteiger partial charge on any atom is 0.131 e. The van der Waals surface area contributed by atoms with E-state index in [0.717, 1.165) is 4.88 Å². The minimum atomic E-state index is -0.207. The molecule has 0 bridgehead atoms. The highest BCUT2D eigenvalue weighted by molar-refractivity contribution is 7.14. The van der Waals surface area contributed by atoms with Gasteiger partial charge in [0.15, 0.2) is 0 Å². The first-order valence-corrected chi connectivity index (χ1v) is 5.02. The van der Waals surface area contributed by atoms with Gasteiger partial charge in [0.1, 0.15) is 5.82 Å². The first-order valence-electron chi connectivity index (χ1n) is 3.76. The van der Waals surface area contributed by atoms with E-state index in [1.807, 2.05) is 6.07 Å². The molecule has 2 rings (SSSR count). The maximum absolute atomic E-state index is 13.2. The Morgan fingerprint density at radius 2 is 2.00 bits per heavy atom. The SMILES string of the molecule is Fc1ccccc1-c1cc(Cl)cs1. The molecule has 0 unspecified atom stereocenters. The fourth-order valence-electron chi connectivity index (χ4n) is 1.12. The molecule has 66 valence electrons. The highest BCUT2D eigenvalue weighted by Gasteiger charge is 2.05. The molecule has 0 aliphatic carbocycles. The third-order valence-electron chi connectivity index (χ3n) is 1.71. The third-order valence-corrected chi connectivity index (χ3v) is 3.02. The number of benzene rings is 1. The molecule has 0 nitrogen and oxygen atoms in total. The maximum atomic E-state index is 13.2. The normalized spacial score (nSPS) is 10.3. The van der Waals surface area contributed by atoms with Crippen molar-refractivity contribution < 1.29 is 4.39 Å². The quantitative estimate of drug-likeness (QED) is 0.665. The van der Waals surface area contributed by atoms with Gasteiger partial charge >= 0.3 is 0 Å². The summed E-state index contributed by atoms with van der Waals surface area (Å²) in [4.78, 5) is 0.864. The van der Waals surface area contributed by atoms with E-state index in [2.05, 4.69) is 0 Å². The van der Waals surface area contributed by atoms with Crippen molar-refractivity contribution in [2.24, 2.45) is 0 Å². The summed E-state index contributed by atoms with van der Waals surface area (Å²) in [6, 6.07) is 8.45. The third kappa shape index (κ3) is 1.74. The predicted octanol–water partition coefficient (Wildman–Crippen LogP) is 4.21. The van der Waals surface area contributed by atoms with Crippen molar-refractivity contribution in [1.29, 1.82) is 0 Å². The Morgan fingerprint density at radius 3 is 2.62 bits per heavy atom. The number of thiophene rings is 1. The van der Waals surface area contributed by atoms with Crippen molar-refractivity contribution in [3.05, 3.63) is 46.6 Å². The average molecular weight is 213 g/mol. The van der Waals surface area contributed by atoms with Gasteiger partial charge in [-0.25, -0.2) is 4.39 Å². The standard InChI is InChI=1S/C10H6ClFS/c11-7-5-10(13-6-7)8-3-1-2-4-9(8)12/h1-6H. The van der Waals surface area contributed by atoms with Crippen molar-refractivity contribution in [2.75, 3.05) is 0 Å². The highest BCUT2D eigenvalue weighted by Crippen LogP contribution is 2.30. The van der Waals surface area contributed by atoms with E-state index in [4.69, 9.17) is 11.6 Å². The van der Waals surface area contributed by atoms with E-state index in [0.29, 0.717) is 10.6 Å². The molecule has 0 saturated heterocycles. The second-order valence-electron chi connectivity index (χ2n) is 2.61. The van der Waals surface area contributed by atoms with Crippen LogP contribution in [0.4, 0.5) is 4.39 Å². The molecule has 0 aliphatic rings. The summed E-state index contributed by atoms with van der Waals surface area (Å²) in [5.74, 6) is -0.207. The van der Waals surface area contributed by atoms with E-state index >= 15 is 0 Å². The van der Waals surface area contributed by atoms with Crippen LogP contribution in [-0.2, 0) is 0 Å². The molecule has 0 amide bonds. The fraction of sp³-hybridized carbons (Fsp3) is 0. The first-order chi connectivity index (χ1) is 6.27. The van der Waals surface area contributed by atoms with Crippen LogP contribution in [0.25, 0.3) is 10.4 Å². The summed E-state index contributed by atoms with van der Waals surface area (Å²) < 4.78 is 13.2. The molecule has 0 spiro atoms. The van der Waals surface area contributed by atoms with E-state index in [1.54, 1.807) is 23.6 Å². The summed E-state index contributed by atoms with van der Waals surface area (Å²) in [6.45, 7) is 0. The Morgan fingerprint density at radius 1 is 1.23 bits per heavy atom. The molecular formula is C10H6ClFS. The van der Waals surface area contributed by atoms with Gasteiger partial charge in [0, 0.05) is 15.8 Å². The number of hydrogen-bond acceptors (Lipinski definition) is 1. The lowest BCUT2D eigenvalue weighted by Crippen LogP contribution is -1.78. The molecule has 0 aliphatic heterocycles. The Hall–Kier alpha value is -0.860. The molecule has 0 fully saturated rings. The minimum Gasteiger partial charge on any atom is -0.206 e. The van der Waals surface area contributed by atoms with Crippen LogP contribution in [0.2, 0.25) is 5.02 Å². The van der Waals surface area contributed by atoms with Crippen LogP contribution in [0.1, 0.15) is 0 Å². The Labute approximate surface area is 84.6 Å². The summed E-state index contributed by atoms with van der Waals surface area (Å²) in [7, 11) is 0. The summed E-state index contributed by atoms with van der Waals surface area (Å²) >= 11 is 7.20. The summed E-state index contributed by atoms with van der Waals surface area (Å²) in [6.07, 6.45) is 0. The van der Waals surface area contributed by atoms with Gasteiger partial charge < -0.3 is 0 Å². The number of hydrogen-bond donors (Lipinski definition) is 0. The molecule has 1 heterocycles. The second-order valence-corrected chi connectivity index (χ2v) is 3.96. The van der Waals surface area contributed by atoms with Crippen molar-refractivity contribution in [1.82, 2.24) is 0 Å². The average Bonchev–Trinajstić information content (AvgIpc) is 2.53. The minimum absolute atomic E-state index is 0.207. The number of rotatable bonds is 1. The van der Waals surface area contributed by atoms with Gasteiger partial charge in [-0.05, 0) is 12.1 Å². The lowest BCUT2D eigenvalue weighted by Gasteiger charge is -1.97. The first kappa shape index (κ1) is 8.73. The molecule has 2 aromatic rings. The molecule has 1 aromatic heterocycles. The van der Waals surface area contributed by atoms with Crippen LogP contribution in [0.5, 0.6) is 0 Å². The lowest BCUT2D eigenvalue weighted by atomic mass is 10.2. The zero-order chi connectivity index (χ0) is 9.26. The van der Waals surface area contributed by atoms with E-state index in [1.165, 1.54) is 17.4 Å². The molecule has 0 atom stereocenters. The van der Waals surface area contributed by atoms with Gasteiger partial charge in [-0.15, -0.1) is 11.3 Å². The molecule has 0 N–H and O–H groups in total. The van der Waals surface area contributed by atoms with Crippen LogP contribution in [0.15, 0.2) is 35.7 Å². The fourth-order valence-corrected chi connectivity index (χ4v) is 2.22. The molecule has 0 saturated carbocycles. The van der Waals surface area contributed by atoms with Crippen molar-refractivity contribution >= 4 is 22.9 Å². The van der Waals surface area contributed by atoms with Crippen LogP contribution in [-0.4, -0.2) is 0 Å². The van der Waals surface area contributed by atoms with Crippen LogP contribution in [0, 0.1) is 5.82 Å². The van der Waals surface area contributed by atoms with Crippen LogP contribution >= 0.6 is 22.9 Å². The lowest BCUT2D eigenvalue weighted by molar-refractivity contribution is 0.631. The second kappa shape index (κ2) is 3.48. The molecule has 1 aromatic carbocycles. The Kier molecular flexibility index (Phi) is 2.34. The van der Waals surface area contributed by atoms with Crippen molar-refractivity contribution in [2.45, 2.75) is 0 Å². The van der Waals surface area contributed by atoms with Gasteiger partial charge in [0.2, 0.25) is 0 Å². The Bertz CT molecular complexity index is 422. The molecule has 13 heavy (non-hydrogen) atoms. The van der Waals surface area contributed by atoms with Gasteiger partial charge in [-0.2, -0.15) is 0 Å². The van der Waals surface area contributed by atoms with E-state index in [-0.39, 0.29) is 5.82 Å². The highest BCUT2D eigenvalue weighted by atomic mass is 35.5. The van der Waals surface area contributed by atoms with E-state index < -0.39 is 0 Å². The molecule has 3 heteroatoms. The van der Waals surface area contributed by atoms with Crippen molar-refractivity contribution in [3.8, 4) is 10.4 Å². The number of halogens is 2. The Balaban J connectivity index is 2.52. The zero-order valence-corrected chi connectivity index (χ0v) is 8.20. The predicted molar refractivity (Wildman–Crippen MR) is 54.7 cm³/mol. The van der Waals surface area contributed by atoms with Gasteiger partial charge in [-0.1, -0.05) is 29.8 Å². The van der Waals surface area contributed by atoms with Crippen molar-refractivity contribution in [3.63, 3.8) is 0 Å². The summed E-state index contributed by atoms with van der Waals surface area (Å²) in [5.41, 5.74) is 0.611. The van der Waals surface area contributed by atoms with E-state index in [9.17, 15) is 4.39 Å². The van der Waals surface area contributed by atoms with Gasteiger partial charge in [-0.3, -0.25) is 0 Å². The molecule has 0 radical (unpaired) electrons. The molecular weight excluding hydrogens is 207 g/mol.